The predicted molar refractivity (Wildman–Crippen MR) is 111 cm³/mol. The van der Waals surface area contributed by atoms with Gasteiger partial charge in [-0.3, -0.25) is 9.69 Å². The average molecular weight is 392 g/mol. The lowest BCUT2D eigenvalue weighted by Gasteiger charge is -2.36. The first-order valence-corrected chi connectivity index (χ1v) is 9.57. The molecule has 2 N–H and O–H groups in total. The van der Waals surface area contributed by atoms with Crippen molar-refractivity contribution in [3.05, 3.63) is 59.2 Å². The van der Waals surface area contributed by atoms with E-state index in [2.05, 4.69) is 21.2 Å². The molecule has 1 aliphatic heterocycles. The summed E-state index contributed by atoms with van der Waals surface area (Å²) in [7, 11) is 0. The maximum atomic E-state index is 12.7. The Kier molecular flexibility index (Phi) is 6.47. The number of carboxylic acid groups (broad SMARTS) is 1. The van der Waals surface area contributed by atoms with Gasteiger partial charge in [-0.25, -0.2) is 4.79 Å². The molecule has 2 aromatic carbocycles. The summed E-state index contributed by atoms with van der Waals surface area (Å²) in [4.78, 5) is 28.5. The molecule has 1 fully saturated rings. The van der Waals surface area contributed by atoms with Gasteiger partial charge in [0.2, 0.25) is 0 Å². The third-order valence-electron chi connectivity index (χ3n) is 5.06. The molecule has 0 aliphatic carbocycles. The summed E-state index contributed by atoms with van der Waals surface area (Å²) < 4.78 is 0. The number of amides is 1. The van der Waals surface area contributed by atoms with Crippen LogP contribution in [0.5, 0.6) is 0 Å². The fourth-order valence-electron chi connectivity index (χ4n) is 3.36. The van der Waals surface area contributed by atoms with Crippen LogP contribution in [0.4, 0.5) is 11.4 Å². The topological polar surface area (TPSA) is 96.7 Å². The zero-order valence-electron chi connectivity index (χ0n) is 16.4. The van der Waals surface area contributed by atoms with Gasteiger partial charge in [0.25, 0.3) is 5.91 Å². The van der Waals surface area contributed by atoms with Crippen molar-refractivity contribution >= 4 is 23.3 Å². The summed E-state index contributed by atoms with van der Waals surface area (Å²) in [5, 5.41) is 21.0. The molecule has 7 heteroatoms. The standard InChI is InChI=1S/C22H24N4O3/c1-16-3-5-17(6-4-16)21(27)24-19-15-18(22(28)29)7-8-20(19)26-13-11-25(12-14-26)10-2-9-23/h3-8,15H,2,10-14H2,1H3,(H,24,27)(H,28,29). The monoisotopic (exact) mass is 392 g/mol. The highest BCUT2D eigenvalue weighted by Crippen LogP contribution is 2.29. The minimum absolute atomic E-state index is 0.126. The van der Waals surface area contributed by atoms with Crippen molar-refractivity contribution in [2.45, 2.75) is 13.3 Å². The van der Waals surface area contributed by atoms with E-state index in [9.17, 15) is 14.7 Å². The molecule has 1 heterocycles. The van der Waals surface area contributed by atoms with Crippen LogP contribution in [-0.2, 0) is 0 Å². The second-order valence-electron chi connectivity index (χ2n) is 7.09. The van der Waals surface area contributed by atoms with Crippen LogP contribution < -0.4 is 10.2 Å². The van der Waals surface area contributed by atoms with E-state index in [-0.39, 0.29) is 11.5 Å². The van der Waals surface area contributed by atoms with Crippen LogP contribution in [0.15, 0.2) is 42.5 Å². The van der Waals surface area contributed by atoms with Crippen LogP contribution in [0.25, 0.3) is 0 Å². The Labute approximate surface area is 170 Å². The Morgan fingerprint density at radius 2 is 1.72 bits per heavy atom. The number of anilines is 2. The van der Waals surface area contributed by atoms with Gasteiger partial charge in [-0.05, 0) is 37.3 Å². The third-order valence-corrected chi connectivity index (χ3v) is 5.06. The van der Waals surface area contributed by atoms with E-state index in [1.165, 1.54) is 6.07 Å². The number of carbonyl (C=O) groups is 2. The van der Waals surface area contributed by atoms with Crippen molar-refractivity contribution in [1.29, 1.82) is 5.26 Å². The van der Waals surface area contributed by atoms with E-state index in [4.69, 9.17) is 5.26 Å². The molecule has 1 saturated heterocycles. The van der Waals surface area contributed by atoms with Gasteiger partial charge in [0.15, 0.2) is 0 Å². The average Bonchev–Trinajstić information content (AvgIpc) is 2.73. The Morgan fingerprint density at radius 3 is 2.34 bits per heavy atom. The molecular formula is C22H24N4O3. The van der Waals surface area contributed by atoms with Gasteiger partial charge < -0.3 is 15.3 Å². The van der Waals surface area contributed by atoms with Crippen LogP contribution in [-0.4, -0.2) is 54.6 Å². The molecule has 29 heavy (non-hydrogen) atoms. The number of carbonyl (C=O) groups excluding carboxylic acids is 1. The number of aromatic carboxylic acids is 1. The molecule has 0 saturated carbocycles. The molecule has 0 atom stereocenters. The van der Waals surface area contributed by atoms with Gasteiger partial charge in [-0.15, -0.1) is 0 Å². The number of carboxylic acids is 1. The highest BCUT2D eigenvalue weighted by atomic mass is 16.4. The Balaban J connectivity index is 1.80. The highest BCUT2D eigenvalue weighted by molar-refractivity contribution is 6.06. The molecule has 0 radical (unpaired) electrons. The van der Waals surface area contributed by atoms with Gasteiger partial charge in [-0.1, -0.05) is 17.7 Å². The number of benzene rings is 2. The SMILES string of the molecule is Cc1ccc(C(=O)Nc2cc(C(=O)O)ccc2N2CCN(CCC#N)CC2)cc1. The lowest BCUT2D eigenvalue weighted by molar-refractivity contribution is 0.0696. The van der Waals surface area contributed by atoms with Crippen molar-refractivity contribution in [2.75, 3.05) is 42.9 Å². The van der Waals surface area contributed by atoms with Crippen LogP contribution in [0.3, 0.4) is 0 Å². The molecule has 0 bridgehead atoms. The second-order valence-corrected chi connectivity index (χ2v) is 7.09. The van der Waals surface area contributed by atoms with Crippen molar-refractivity contribution < 1.29 is 14.7 Å². The number of aryl methyl sites for hydroxylation is 1. The summed E-state index contributed by atoms with van der Waals surface area (Å²) >= 11 is 0. The number of hydrogen-bond acceptors (Lipinski definition) is 5. The molecule has 7 nitrogen and oxygen atoms in total. The van der Waals surface area contributed by atoms with Crippen LogP contribution in [0.2, 0.25) is 0 Å². The molecule has 0 aromatic heterocycles. The first-order chi connectivity index (χ1) is 14.0. The number of piperazine rings is 1. The van der Waals surface area contributed by atoms with E-state index in [1.54, 1.807) is 24.3 Å². The molecule has 0 unspecified atom stereocenters. The minimum atomic E-state index is -1.04. The number of nitrogens with one attached hydrogen (secondary N) is 1. The fourth-order valence-corrected chi connectivity index (χ4v) is 3.36. The Bertz CT molecular complexity index is 926. The van der Waals surface area contributed by atoms with Crippen molar-refractivity contribution in [1.82, 2.24) is 4.90 Å². The van der Waals surface area contributed by atoms with E-state index < -0.39 is 5.97 Å². The normalized spacial score (nSPS) is 14.3. The minimum Gasteiger partial charge on any atom is -0.478 e. The number of nitrogens with zero attached hydrogens (tertiary/aromatic N) is 3. The van der Waals surface area contributed by atoms with E-state index in [0.29, 0.717) is 17.7 Å². The summed E-state index contributed by atoms with van der Waals surface area (Å²) in [5.74, 6) is -1.31. The third kappa shape index (κ3) is 5.12. The molecule has 1 amide bonds. The van der Waals surface area contributed by atoms with Crippen LogP contribution >= 0.6 is 0 Å². The number of rotatable bonds is 6. The molecule has 3 rings (SSSR count). The summed E-state index contributed by atoms with van der Waals surface area (Å²) in [6.45, 7) is 5.81. The maximum Gasteiger partial charge on any atom is 0.335 e. The smallest absolute Gasteiger partial charge is 0.335 e. The highest BCUT2D eigenvalue weighted by Gasteiger charge is 2.21. The molecular weight excluding hydrogens is 368 g/mol. The van der Waals surface area contributed by atoms with Gasteiger partial charge in [0.1, 0.15) is 0 Å². The number of nitriles is 1. The van der Waals surface area contributed by atoms with Crippen molar-refractivity contribution in [3.8, 4) is 6.07 Å². The summed E-state index contributed by atoms with van der Waals surface area (Å²) in [5.41, 5.74) is 2.99. The maximum absolute atomic E-state index is 12.7. The van der Waals surface area contributed by atoms with Gasteiger partial charge in [0, 0.05) is 44.7 Å². The Hall–Kier alpha value is -3.37. The predicted octanol–water partition coefficient (Wildman–Crippen LogP) is 2.98. The largest absolute Gasteiger partial charge is 0.478 e. The molecule has 0 spiro atoms. The zero-order chi connectivity index (χ0) is 20.8. The van der Waals surface area contributed by atoms with E-state index in [1.807, 2.05) is 19.1 Å². The number of hydrogen-bond donors (Lipinski definition) is 2. The summed E-state index contributed by atoms with van der Waals surface area (Å²) in [6.07, 6.45) is 0.505. The van der Waals surface area contributed by atoms with Crippen molar-refractivity contribution in [3.63, 3.8) is 0 Å². The molecule has 1 aliphatic rings. The van der Waals surface area contributed by atoms with Gasteiger partial charge in [0.05, 0.1) is 23.0 Å². The molecule has 150 valence electrons. The lowest BCUT2D eigenvalue weighted by Crippen LogP contribution is -2.46. The summed E-state index contributed by atoms with van der Waals surface area (Å²) in [6, 6.07) is 14.2. The second kappa shape index (κ2) is 9.22. The van der Waals surface area contributed by atoms with Gasteiger partial charge >= 0.3 is 5.97 Å². The van der Waals surface area contributed by atoms with Crippen molar-refractivity contribution in [2.24, 2.45) is 0 Å². The van der Waals surface area contributed by atoms with Gasteiger partial charge in [-0.2, -0.15) is 5.26 Å². The zero-order valence-corrected chi connectivity index (χ0v) is 16.4. The Morgan fingerprint density at radius 1 is 1.07 bits per heavy atom. The van der Waals surface area contributed by atoms with E-state index >= 15 is 0 Å². The van der Waals surface area contributed by atoms with Crippen LogP contribution in [0, 0.1) is 18.3 Å². The van der Waals surface area contributed by atoms with E-state index in [0.717, 1.165) is 44.0 Å². The first kappa shape index (κ1) is 20.4. The lowest BCUT2D eigenvalue weighted by atomic mass is 10.1. The fraction of sp³-hybridized carbons (Fsp3) is 0.318. The first-order valence-electron chi connectivity index (χ1n) is 9.57. The molecule has 2 aromatic rings. The van der Waals surface area contributed by atoms with Crippen LogP contribution in [0.1, 0.15) is 32.7 Å². The quantitative estimate of drug-likeness (QED) is 0.785.